The van der Waals surface area contributed by atoms with Gasteiger partial charge < -0.3 is 10.1 Å². The third kappa shape index (κ3) is 4.60. The van der Waals surface area contributed by atoms with Crippen LogP contribution in [0.3, 0.4) is 0 Å². The summed E-state index contributed by atoms with van der Waals surface area (Å²) in [6.45, 7) is 8.44. The van der Waals surface area contributed by atoms with Gasteiger partial charge in [0.1, 0.15) is 5.75 Å². The zero-order valence-electron chi connectivity index (χ0n) is 15.0. The molecule has 1 amide bonds. The molecule has 128 valence electrons. The van der Waals surface area contributed by atoms with E-state index >= 15 is 0 Å². The van der Waals surface area contributed by atoms with Crippen LogP contribution in [0.4, 0.5) is 5.69 Å². The second kappa shape index (κ2) is 8.53. The highest BCUT2D eigenvalue weighted by Crippen LogP contribution is 2.27. The number of carbonyl (C=O) groups is 1. The van der Waals surface area contributed by atoms with Crippen molar-refractivity contribution in [3.05, 3.63) is 59.7 Å². The molecule has 0 aliphatic carbocycles. The van der Waals surface area contributed by atoms with E-state index < -0.39 is 0 Å². The van der Waals surface area contributed by atoms with Crippen molar-refractivity contribution in [3.63, 3.8) is 0 Å². The average molecular weight is 325 g/mol. The van der Waals surface area contributed by atoms with Crippen LogP contribution in [0.25, 0.3) is 0 Å². The van der Waals surface area contributed by atoms with Crippen LogP contribution < -0.4 is 10.1 Å². The van der Waals surface area contributed by atoms with Crippen LogP contribution in [-0.4, -0.2) is 12.0 Å². The van der Waals surface area contributed by atoms with Gasteiger partial charge in [-0.3, -0.25) is 4.79 Å². The Hall–Kier alpha value is -2.29. The maximum atomic E-state index is 12.5. The zero-order valence-corrected chi connectivity index (χ0v) is 15.0. The lowest BCUT2D eigenvalue weighted by atomic mass is 9.97. The molecule has 0 aromatic heterocycles. The second-order valence-electron chi connectivity index (χ2n) is 6.21. The summed E-state index contributed by atoms with van der Waals surface area (Å²) in [4.78, 5) is 12.5. The largest absolute Gasteiger partial charge is 0.491 e. The number of anilines is 1. The Labute approximate surface area is 145 Å². The Kier molecular flexibility index (Phi) is 6.42. The molecule has 2 aromatic carbocycles. The van der Waals surface area contributed by atoms with Crippen molar-refractivity contribution < 1.29 is 9.53 Å². The van der Waals surface area contributed by atoms with Crippen molar-refractivity contribution in [1.29, 1.82) is 0 Å². The number of nitrogens with one attached hydrogen (secondary N) is 1. The third-order valence-electron chi connectivity index (χ3n) is 4.38. The van der Waals surface area contributed by atoms with Crippen molar-refractivity contribution in [2.24, 2.45) is 0 Å². The first-order valence-electron chi connectivity index (χ1n) is 8.72. The predicted molar refractivity (Wildman–Crippen MR) is 99.9 cm³/mol. The number of benzene rings is 2. The maximum Gasteiger partial charge on any atom is 0.255 e. The highest BCUT2D eigenvalue weighted by molar-refractivity contribution is 6.04. The van der Waals surface area contributed by atoms with E-state index in [1.807, 2.05) is 37.3 Å². The third-order valence-corrected chi connectivity index (χ3v) is 4.38. The first-order valence-corrected chi connectivity index (χ1v) is 8.72. The fourth-order valence-corrected chi connectivity index (χ4v) is 2.46. The van der Waals surface area contributed by atoms with Crippen LogP contribution in [0.5, 0.6) is 5.75 Å². The average Bonchev–Trinajstić information content (AvgIpc) is 2.62. The van der Waals surface area contributed by atoms with Crippen molar-refractivity contribution in [1.82, 2.24) is 0 Å². The maximum absolute atomic E-state index is 12.5. The van der Waals surface area contributed by atoms with Crippen LogP contribution >= 0.6 is 0 Å². The van der Waals surface area contributed by atoms with Crippen LogP contribution in [0.15, 0.2) is 48.5 Å². The molecule has 0 bridgehead atoms. The van der Waals surface area contributed by atoms with Crippen molar-refractivity contribution in [3.8, 4) is 5.75 Å². The lowest BCUT2D eigenvalue weighted by Crippen LogP contribution is -2.14. The summed E-state index contributed by atoms with van der Waals surface area (Å²) < 4.78 is 5.75. The molecule has 0 saturated carbocycles. The minimum atomic E-state index is -0.0964. The summed E-state index contributed by atoms with van der Waals surface area (Å²) in [7, 11) is 0. The Balaban J connectivity index is 2.10. The van der Waals surface area contributed by atoms with Crippen LogP contribution in [0, 0.1) is 0 Å². The van der Waals surface area contributed by atoms with Crippen molar-refractivity contribution in [2.75, 3.05) is 5.32 Å². The Morgan fingerprint density at radius 1 is 1.00 bits per heavy atom. The molecule has 2 rings (SSSR count). The van der Waals surface area contributed by atoms with E-state index in [2.05, 4.69) is 32.2 Å². The van der Waals surface area contributed by atoms with E-state index in [1.54, 1.807) is 12.1 Å². The lowest BCUT2D eigenvalue weighted by Gasteiger charge is -2.16. The molecule has 0 heterocycles. The van der Waals surface area contributed by atoms with Gasteiger partial charge in [-0.2, -0.15) is 0 Å². The van der Waals surface area contributed by atoms with Gasteiger partial charge in [-0.1, -0.05) is 39.0 Å². The minimum Gasteiger partial charge on any atom is -0.491 e. The topological polar surface area (TPSA) is 38.3 Å². The number of hydrogen-bond acceptors (Lipinski definition) is 2. The predicted octanol–water partition coefficient (Wildman–Crippen LogP) is 5.63. The first kappa shape index (κ1) is 18.1. The fraction of sp³-hybridized carbons (Fsp3) is 0.381. The van der Waals surface area contributed by atoms with E-state index in [-0.39, 0.29) is 12.0 Å². The quantitative estimate of drug-likeness (QED) is 0.716. The summed E-state index contributed by atoms with van der Waals surface area (Å²) in [5, 5.41) is 3.03. The molecule has 24 heavy (non-hydrogen) atoms. The smallest absolute Gasteiger partial charge is 0.255 e. The number of ether oxygens (including phenoxy) is 1. The van der Waals surface area contributed by atoms with E-state index in [9.17, 15) is 4.79 Å². The molecule has 2 atom stereocenters. The molecule has 0 aliphatic rings. The number of hydrogen-bond donors (Lipinski definition) is 1. The standard InChI is InChI=1S/C21H27NO2/c1-5-15(3)19-9-7-8-10-20(19)22-21(23)17-11-13-18(14-12-17)24-16(4)6-2/h7-16H,5-6H2,1-4H3,(H,22,23)/t15-,16+/m0/s1. The highest BCUT2D eigenvalue weighted by atomic mass is 16.5. The summed E-state index contributed by atoms with van der Waals surface area (Å²) in [5.74, 6) is 1.11. The van der Waals surface area contributed by atoms with Gasteiger partial charge in [0.15, 0.2) is 0 Å². The molecule has 0 spiro atoms. The number of para-hydroxylation sites is 1. The Morgan fingerprint density at radius 3 is 2.29 bits per heavy atom. The Bertz CT molecular complexity index is 664. The Morgan fingerprint density at radius 2 is 1.67 bits per heavy atom. The normalized spacial score (nSPS) is 13.2. The second-order valence-corrected chi connectivity index (χ2v) is 6.21. The molecule has 0 aliphatic heterocycles. The SMILES string of the molecule is CC[C@@H](C)Oc1ccc(C(=O)Nc2ccccc2[C@@H](C)CC)cc1. The van der Waals surface area contributed by atoms with Crippen LogP contribution in [0.2, 0.25) is 0 Å². The zero-order chi connectivity index (χ0) is 17.5. The summed E-state index contributed by atoms with van der Waals surface area (Å²) in [6.07, 6.45) is 2.16. The monoisotopic (exact) mass is 325 g/mol. The number of amides is 1. The molecule has 0 radical (unpaired) electrons. The van der Waals surface area contributed by atoms with E-state index in [0.717, 1.165) is 24.3 Å². The van der Waals surface area contributed by atoms with Crippen LogP contribution in [-0.2, 0) is 0 Å². The minimum absolute atomic E-state index is 0.0964. The molecule has 3 heteroatoms. The first-order chi connectivity index (χ1) is 11.5. The van der Waals surface area contributed by atoms with Gasteiger partial charge in [0.25, 0.3) is 5.91 Å². The lowest BCUT2D eigenvalue weighted by molar-refractivity contribution is 0.102. The fourth-order valence-electron chi connectivity index (χ4n) is 2.46. The number of carbonyl (C=O) groups excluding carboxylic acids is 1. The molecule has 1 N–H and O–H groups in total. The van der Waals surface area contributed by atoms with E-state index in [0.29, 0.717) is 11.5 Å². The molecular formula is C21H27NO2. The number of rotatable bonds is 7. The van der Waals surface area contributed by atoms with Crippen molar-refractivity contribution >= 4 is 11.6 Å². The van der Waals surface area contributed by atoms with Gasteiger partial charge in [0.05, 0.1) is 6.10 Å². The van der Waals surface area contributed by atoms with Crippen LogP contribution in [0.1, 0.15) is 62.4 Å². The molecule has 2 aromatic rings. The van der Waals surface area contributed by atoms with Gasteiger partial charge in [-0.05, 0) is 61.6 Å². The van der Waals surface area contributed by atoms with Gasteiger partial charge in [0, 0.05) is 11.3 Å². The highest BCUT2D eigenvalue weighted by Gasteiger charge is 2.12. The molecule has 0 saturated heterocycles. The van der Waals surface area contributed by atoms with Gasteiger partial charge in [-0.25, -0.2) is 0 Å². The van der Waals surface area contributed by atoms with E-state index in [4.69, 9.17) is 4.74 Å². The summed E-state index contributed by atoms with van der Waals surface area (Å²) in [5.41, 5.74) is 2.69. The summed E-state index contributed by atoms with van der Waals surface area (Å²) in [6, 6.07) is 15.3. The molecule has 0 unspecified atom stereocenters. The van der Waals surface area contributed by atoms with Gasteiger partial charge in [0.2, 0.25) is 0 Å². The molecule has 0 fully saturated rings. The molecular weight excluding hydrogens is 298 g/mol. The van der Waals surface area contributed by atoms with Gasteiger partial charge >= 0.3 is 0 Å². The van der Waals surface area contributed by atoms with Gasteiger partial charge in [-0.15, -0.1) is 0 Å². The summed E-state index contributed by atoms with van der Waals surface area (Å²) >= 11 is 0. The van der Waals surface area contributed by atoms with Crippen molar-refractivity contribution in [2.45, 2.75) is 52.6 Å². The molecule has 3 nitrogen and oxygen atoms in total. The van der Waals surface area contributed by atoms with E-state index in [1.165, 1.54) is 5.56 Å².